The number of benzene rings is 1. The predicted molar refractivity (Wildman–Crippen MR) is 79.4 cm³/mol. The lowest BCUT2D eigenvalue weighted by molar-refractivity contribution is 0.0951. The lowest BCUT2D eigenvalue weighted by Gasteiger charge is -2.11. The number of carbonyl (C=O) groups is 1. The number of hydrogen-bond acceptors (Lipinski definition) is 3. The van der Waals surface area contributed by atoms with Crippen molar-refractivity contribution in [2.75, 3.05) is 6.54 Å². The Morgan fingerprint density at radius 3 is 2.50 bits per heavy atom. The summed E-state index contributed by atoms with van der Waals surface area (Å²) in [6.45, 7) is 6.28. The fraction of sp³-hybridized carbons (Fsp3) is 0.462. The molecule has 0 saturated heterocycles. The highest BCUT2D eigenvalue weighted by molar-refractivity contribution is 7.89. The minimum absolute atomic E-state index is 0.165. The average molecular weight is 319 g/mol. The monoisotopic (exact) mass is 318 g/mol. The Balaban J connectivity index is 3.05. The van der Waals surface area contributed by atoms with Gasteiger partial charge in [-0.05, 0) is 37.0 Å². The summed E-state index contributed by atoms with van der Waals surface area (Å²) in [5, 5.41) is 8.01. The number of rotatable bonds is 5. The third-order valence-electron chi connectivity index (χ3n) is 2.90. The van der Waals surface area contributed by atoms with Crippen LogP contribution in [0.5, 0.6) is 0 Å². The molecule has 5 nitrogen and oxygen atoms in total. The number of hydrogen-bond donors (Lipinski definition) is 2. The second-order valence-electron chi connectivity index (χ2n) is 5.06. The molecule has 1 aromatic rings. The van der Waals surface area contributed by atoms with E-state index in [2.05, 4.69) is 19.2 Å². The zero-order valence-corrected chi connectivity index (χ0v) is 13.3. The van der Waals surface area contributed by atoms with Crippen molar-refractivity contribution in [2.24, 2.45) is 11.1 Å². The van der Waals surface area contributed by atoms with Crippen molar-refractivity contribution < 1.29 is 13.2 Å². The van der Waals surface area contributed by atoms with Gasteiger partial charge in [0.1, 0.15) is 0 Å². The van der Waals surface area contributed by atoms with Gasteiger partial charge in [0.25, 0.3) is 5.91 Å². The maximum Gasteiger partial charge on any atom is 0.251 e. The van der Waals surface area contributed by atoms with E-state index in [9.17, 15) is 13.2 Å². The lowest BCUT2D eigenvalue weighted by Crippen LogP contribution is -2.26. The molecule has 0 saturated carbocycles. The molecule has 0 aliphatic carbocycles. The highest BCUT2D eigenvalue weighted by atomic mass is 35.5. The summed E-state index contributed by atoms with van der Waals surface area (Å²) in [7, 11) is -3.90. The SMILES string of the molecule is Cc1c(Cl)cc(S(N)(=O)=O)cc1C(=O)NCCC(C)C. The summed E-state index contributed by atoms with van der Waals surface area (Å²) in [6, 6.07) is 2.50. The molecule has 112 valence electrons. The molecule has 0 fully saturated rings. The molecular formula is C13H19ClN2O3S. The first kappa shape index (κ1) is 16.9. The number of nitrogens with two attached hydrogens (primary N) is 1. The number of carbonyl (C=O) groups excluding carboxylic acids is 1. The molecule has 0 unspecified atom stereocenters. The van der Waals surface area contributed by atoms with E-state index in [0.29, 0.717) is 18.0 Å². The Hall–Kier alpha value is -1.11. The highest BCUT2D eigenvalue weighted by Crippen LogP contribution is 2.23. The first-order valence-electron chi connectivity index (χ1n) is 6.24. The highest BCUT2D eigenvalue weighted by Gasteiger charge is 2.17. The van der Waals surface area contributed by atoms with E-state index in [1.165, 1.54) is 12.1 Å². The Labute approximate surface area is 124 Å². The molecule has 0 spiro atoms. The number of amides is 1. The third kappa shape index (κ3) is 4.47. The molecule has 20 heavy (non-hydrogen) atoms. The molecule has 0 aliphatic heterocycles. The third-order valence-corrected chi connectivity index (χ3v) is 4.18. The van der Waals surface area contributed by atoms with Gasteiger partial charge in [-0.25, -0.2) is 13.6 Å². The summed E-state index contributed by atoms with van der Waals surface area (Å²) in [5.41, 5.74) is 0.756. The van der Waals surface area contributed by atoms with Crippen LogP contribution in [0, 0.1) is 12.8 Å². The van der Waals surface area contributed by atoms with E-state index in [-0.39, 0.29) is 21.4 Å². The van der Waals surface area contributed by atoms with E-state index in [0.717, 1.165) is 6.42 Å². The number of sulfonamides is 1. The van der Waals surface area contributed by atoms with Gasteiger partial charge in [-0.2, -0.15) is 0 Å². The second kappa shape index (κ2) is 6.56. The minimum Gasteiger partial charge on any atom is -0.352 e. The van der Waals surface area contributed by atoms with Gasteiger partial charge in [-0.15, -0.1) is 0 Å². The van der Waals surface area contributed by atoms with Crippen molar-refractivity contribution in [1.29, 1.82) is 0 Å². The fourth-order valence-electron chi connectivity index (χ4n) is 1.62. The molecule has 1 aromatic carbocycles. The molecule has 1 amide bonds. The molecule has 0 atom stereocenters. The minimum atomic E-state index is -3.90. The van der Waals surface area contributed by atoms with E-state index in [4.69, 9.17) is 16.7 Å². The summed E-state index contributed by atoms with van der Waals surface area (Å²) in [6.07, 6.45) is 0.841. The Bertz CT molecular complexity index is 612. The van der Waals surface area contributed by atoms with Crippen LogP contribution in [0.15, 0.2) is 17.0 Å². The van der Waals surface area contributed by atoms with E-state index in [1.54, 1.807) is 6.92 Å². The summed E-state index contributed by atoms with van der Waals surface area (Å²) in [4.78, 5) is 11.9. The van der Waals surface area contributed by atoms with Crippen molar-refractivity contribution in [3.05, 3.63) is 28.3 Å². The van der Waals surface area contributed by atoms with Crippen LogP contribution in [0.25, 0.3) is 0 Å². The standard InChI is InChI=1S/C13H19ClN2O3S/c1-8(2)4-5-16-13(17)11-6-10(20(15,18)19)7-12(14)9(11)3/h6-8H,4-5H2,1-3H3,(H,16,17)(H2,15,18,19). The van der Waals surface area contributed by atoms with Crippen LogP contribution in [0.1, 0.15) is 36.2 Å². The summed E-state index contributed by atoms with van der Waals surface area (Å²) in [5.74, 6) is 0.117. The predicted octanol–water partition coefficient (Wildman–Crippen LogP) is 2.07. The van der Waals surface area contributed by atoms with Crippen molar-refractivity contribution in [3.63, 3.8) is 0 Å². The Morgan fingerprint density at radius 2 is 2.00 bits per heavy atom. The van der Waals surface area contributed by atoms with Gasteiger partial charge in [-0.3, -0.25) is 4.79 Å². The van der Waals surface area contributed by atoms with Crippen molar-refractivity contribution in [1.82, 2.24) is 5.32 Å². The summed E-state index contributed by atoms with van der Waals surface area (Å²) >= 11 is 5.95. The van der Waals surface area contributed by atoms with Crippen molar-refractivity contribution >= 4 is 27.5 Å². The van der Waals surface area contributed by atoms with Gasteiger partial charge in [0, 0.05) is 17.1 Å². The van der Waals surface area contributed by atoms with Crippen LogP contribution in [0.2, 0.25) is 5.02 Å². The van der Waals surface area contributed by atoms with Crippen molar-refractivity contribution in [3.8, 4) is 0 Å². The molecule has 0 heterocycles. The van der Waals surface area contributed by atoms with Gasteiger partial charge < -0.3 is 5.32 Å². The molecule has 7 heteroatoms. The number of primary sulfonamides is 1. The number of nitrogens with one attached hydrogen (secondary N) is 1. The van der Waals surface area contributed by atoms with Crippen molar-refractivity contribution in [2.45, 2.75) is 32.1 Å². The fourth-order valence-corrected chi connectivity index (χ4v) is 2.47. The van der Waals surface area contributed by atoms with E-state index in [1.807, 2.05) is 0 Å². The first-order valence-corrected chi connectivity index (χ1v) is 8.16. The zero-order valence-electron chi connectivity index (χ0n) is 11.7. The average Bonchev–Trinajstić information content (AvgIpc) is 2.30. The smallest absolute Gasteiger partial charge is 0.251 e. The summed E-state index contributed by atoms with van der Waals surface area (Å²) < 4.78 is 22.7. The molecule has 1 rings (SSSR count). The number of halogens is 1. The first-order chi connectivity index (χ1) is 9.12. The maximum atomic E-state index is 12.1. The van der Waals surface area contributed by atoms with Crippen LogP contribution < -0.4 is 10.5 Å². The van der Waals surface area contributed by atoms with Gasteiger partial charge in [-0.1, -0.05) is 25.4 Å². The van der Waals surface area contributed by atoms with Gasteiger partial charge in [0.2, 0.25) is 10.0 Å². The van der Waals surface area contributed by atoms with E-state index < -0.39 is 10.0 Å². The maximum absolute atomic E-state index is 12.1. The Kier molecular flexibility index (Phi) is 5.56. The van der Waals surface area contributed by atoms with Crippen LogP contribution >= 0.6 is 11.6 Å². The van der Waals surface area contributed by atoms with Crippen LogP contribution in [0.4, 0.5) is 0 Å². The quantitative estimate of drug-likeness (QED) is 0.871. The molecule has 0 radical (unpaired) electrons. The molecule has 0 aromatic heterocycles. The van der Waals surface area contributed by atoms with Crippen LogP contribution in [-0.4, -0.2) is 20.9 Å². The zero-order chi connectivity index (χ0) is 15.5. The normalized spacial score (nSPS) is 11.7. The lowest BCUT2D eigenvalue weighted by atomic mass is 10.1. The van der Waals surface area contributed by atoms with Crippen LogP contribution in [0.3, 0.4) is 0 Å². The van der Waals surface area contributed by atoms with Gasteiger partial charge >= 0.3 is 0 Å². The second-order valence-corrected chi connectivity index (χ2v) is 7.03. The van der Waals surface area contributed by atoms with Crippen LogP contribution in [-0.2, 0) is 10.0 Å². The largest absolute Gasteiger partial charge is 0.352 e. The molecular weight excluding hydrogens is 300 g/mol. The molecule has 0 aliphatic rings. The molecule has 0 bridgehead atoms. The van der Waals surface area contributed by atoms with E-state index >= 15 is 0 Å². The Morgan fingerprint density at radius 1 is 1.40 bits per heavy atom. The van der Waals surface area contributed by atoms with Gasteiger partial charge in [0.05, 0.1) is 4.90 Å². The molecule has 3 N–H and O–H groups in total. The van der Waals surface area contributed by atoms with Gasteiger partial charge in [0.15, 0.2) is 0 Å². The topological polar surface area (TPSA) is 89.3 Å².